The van der Waals surface area contributed by atoms with E-state index in [0.717, 1.165) is 24.5 Å². The summed E-state index contributed by atoms with van der Waals surface area (Å²) in [4.78, 5) is 0. The fourth-order valence-corrected chi connectivity index (χ4v) is 2.10. The Morgan fingerprint density at radius 3 is 2.20 bits per heavy atom. The first-order valence-electron chi connectivity index (χ1n) is 6.48. The van der Waals surface area contributed by atoms with Crippen molar-refractivity contribution in [1.82, 2.24) is 0 Å². The lowest BCUT2D eigenvalue weighted by Gasteiger charge is -2.11. The third kappa shape index (κ3) is 10.7. The molecule has 0 heterocycles. The molecule has 0 saturated heterocycles. The molecule has 0 amide bonds. The van der Waals surface area contributed by atoms with Gasteiger partial charge in [-0.15, -0.1) is 0 Å². The molecule has 0 atom stereocenters. The second kappa shape index (κ2) is 12.5. The molecule has 0 aromatic rings. The molecule has 0 aliphatic rings. The van der Waals surface area contributed by atoms with Crippen LogP contribution in [0.5, 0.6) is 0 Å². The predicted octanol–water partition coefficient (Wildman–Crippen LogP) is 4.78. The topological polar surface area (TPSA) is 9.23 Å². The summed E-state index contributed by atoms with van der Waals surface area (Å²) in [6, 6.07) is 0. The van der Waals surface area contributed by atoms with Crippen molar-refractivity contribution in [2.75, 3.05) is 18.5 Å². The first-order chi connectivity index (χ1) is 7.35. The Kier molecular flexibility index (Phi) is 12.9. The second-order valence-corrected chi connectivity index (χ2v) is 4.98. The maximum atomic E-state index is 5.64. The van der Waals surface area contributed by atoms with E-state index in [4.69, 9.17) is 4.74 Å². The van der Waals surface area contributed by atoms with Crippen molar-refractivity contribution < 1.29 is 4.74 Å². The zero-order valence-corrected chi connectivity index (χ0v) is 12.0. The molecule has 0 bridgehead atoms. The molecule has 0 radical (unpaired) electrons. The zero-order valence-electron chi connectivity index (χ0n) is 10.4. The predicted molar refractivity (Wildman–Crippen MR) is 71.8 cm³/mol. The Morgan fingerprint density at radius 2 is 1.60 bits per heavy atom. The summed E-state index contributed by atoms with van der Waals surface area (Å²) in [6.07, 6.45) is 9.02. The minimum atomic E-state index is 0.874. The van der Waals surface area contributed by atoms with Crippen LogP contribution in [0.1, 0.15) is 58.8 Å². The third-order valence-corrected chi connectivity index (χ3v) is 3.56. The van der Waals surface area contributed by atoms with Crippen LogP contribution in [-0.2, 0) is 4.74 Å². The molecule has 0 unspecified atom stereocenters. The minimum absolute atomic E-state index is 0.874. The summed E-state index contributed by atoms with van der Waals surface area (Å²) in [6.45, 7) is 6.47. The number of rotatable bonds is 11. The molecular formula is C13H27BrO. The molecule has 0 aromatic carbocycles. The Bertz CT molecular complexity index is 113. The van der Waals surface area contributed by atoms with Gasteiger partial charge in [0.15, 0.2) is 0 Å². The van der Waals surface area contributed by atoms with Crippen LogP contribution in [0.25, 0.3) is 0 Å². The smallest absolute Gasteiger partial charge is 0.0468 e. The van der Waals surface area contributed by atoms with Gasteiger partial charge in [0.25, 0.3) is 0 Å². The Balaban J connectivity index is 3.04. The lowest BCUT2D eigenvalue weighted by molar-refractivity contribution is 0.115. The van der Waals surface area contributed by atoms with Crippen LogP contribution >= 0.6 is 15.9 Å². The molecule has 0 saturated carbocycles. The molecule has 0 aliphatic heterocycles. The zero-order chi connectivity index (χ0) is 11.4. The molecule has 0 N–H and O–H groups in total. The summed E-state index contributed by atoms with van der Waals surface area (Å²) >= 11 is 3.44. The van der Waals surface area contributed by atoms with Gasteiger partial charge in [-0.25, -0.2) is 0 Å². The number of hydrogen-bond acceptors (Lipinski definition) is 1. The average Bonchev–Trinajstić information content (AvgIpc) is 2.27. The molecule has 15 heavy (non-hydrogen) atoms. The lowest BCUT2D eigenvalue weighted by atomic mass is 10.0. The molecule has 1 nitrogen and oxygen atoms in total. The van der Waals surface area contributed by atoms with Gasteiger partial charge in [0.2, 0.25) is 0 Å². The van der Waals surface area contributed by atoms with Gasteiger partial charge in [0, 0.05) is 18.5 Å². The first-order valence-corrected chi connectivity index (χ1v) is 7.61. The number of alkyl halides is 1. The van der Waals surface area contributed by atoms with Crippen molar-refractivity contribution in [3.05, 3.63) is 0 Å². The van der Waals surface area contributed by atoms with Gasteiger partial charge >= 0.3 is 0 Å². The number of unbranched alkanes of at least 4 members (excludes halogenated alkanes) is 3. The van der Waals surface area contributed by atoms with Crippen LogP contribution in [0.3, 0.4) is 0 Å². The standard InChI is InChI=1S/C13H27BrO/c1-3-13(4-2)9-12-15-11-8-6-5-7-10-14/h13H,3-12H2,1-2H3. The van der Waals surface area contributed by atoms with E-state index in [2.05, 4.69) is 29.8 Å². The van der Waals surface area contributed by atoms with Gasteiger partial charge in [-0.05, 0) is 25.2 Å². The van der Waals surface area contributed by atoms with E-state index >= 15 is 0 Å². The molecule has 0 fully saturated rings. The molecule has 2 heteroatoms. The van der Waals surface area contributed by atoms with Gasteiger partial charge in [-0.1, -0.05) is 55.5 Å². The maximum Gasteiger partial charge on any atom is 0.0468 e. The van der Waals surface area contributed by atoms with E-state index in [0.29, 0.717) is 0 Å². The average molecular weight is 279 g/mol. The van der Waals surface area contributed by atoms with Crippen molar-refractivity contribution in [3.8, 4) is 0 Å². The Labute approximate surface area is 104 Å². The van der Waals surface area contributed by atoms with Gasteiger partial charge < -0.3 is 4.74 Å². The summed E-state index contributed by atoms with van der Waals surface area (Å²) in [5.41, 5.74) is 0. The molecule has 0 aromatic heterocycles. The van der Waals surface area contributed by atoms with Gasteiger partial charge in [-0.3, -0.25) is 0 Å². The number of halogens is 1. The van der Waals surface area contributed by atoms with Crippen LogP contribution in [0, 0.1) is 5.92 Å². The van der Waals surface area contributed by atoms with Crippen molar-refractivity contribution in [3.63, 3.8) is 0 Å². The molecular weight excluding hydrogens is 252 g/mol. The van der Waals surface area contributed by atoms with Crippen LogP contribution in [0.4, 0.5) is 0 Å². The van der Waals surface area contributed by atoms with Crippen molar-refractivity contribution in [2.45, 2.75) is 58.8 Å². The lowest BCUT2D eigenvalue weighted by Crippen LogP contribution is -2.04. The Morgan fingerprint density at radius 1 is 0.933 bits per heavy atom. The quantitative estimate of drug-likeness (QED) is 0.390. The summed E-state index contributed by atoms with van der Waals surface area (Å²) in [5.74, 6) is 0.874. The van der Waals surface area contributed by atoms with Gasteiger partial charge in [0.1, 0.15) is 0 Å². The van der Waals surface area contributed by atoms with Gasteiger partial charge in [0.05, 0.1) is 0 Å². The Hall–Kier alpha value is 0.440. The highest BCUT2D eigenvalue weighted by Crippen LogP contribution is 2.12. The largest absolute Gasteiger partial charge is 0.381 e. The summed E-state index contributed by atoms with van der Waals surface area (Å²) in [5, 5.41) is 1.14. The van der Waals surface area contributed by atoms with E-state index in [1.165, 1.54) is 44.9 Å². The summed E-state index contributed by atoms with van der Waals surface area (Å²) in [7, 11) is 0. The number of ether oxygens (including phenoxy) is 1. The number of hydrogen-bond donors (Lipinski definition) is 0. The van der Waals surface area contributed by atoms with E-state index < -0.39 is 0 Å². The normalized spacial score (nSPS) is 11.2. The second-order valence-electron chi connectivity index (χ2n) is 4.19. The third-order valence-electron chi connectivity index (χ3n) is 3.00. The van der Waals surface area contributed by atoms with Crippen LogP contribution in [-0.4, -0.2) is 18.5 Å². The fraction of sp³-hybridized carbons (Fsp3) is 1.00. The summed E-state index contributed by atoms with van der Waals surface area (Å²) < 4.78 is 5.64. The highest BCUT2D eigenvalue weighted by molar-refractivity contribution is 9.09. The first kappa shape index (κ1) is 15.4. The molecule has 0 rings (SSSR count). The molecule has 92 valence electrons. The van der Waals surface area contributed by atoms with E-state index in [9.17, 15) is 0 Å². The van der Waals surface area contributed by atoms with Crippen LogP contribution in [0.2, 0.25) is 0 Å². The maximum absolute atomic E-state index is 5.64. The SMILES string of the molecule is CCC(CC)CCOCCCCCCBr. The van der Waals surface area contributed by atoms with E-state index in [-0.39, 0.29) is 0 Å². The monoisotopic (exact) mass is 278 g/mol. The molecule has 0 aliphatic carbocycles. The van der Waals surface area contributed by atoms with Crippen LogP contribution < -0.4 is 0 Å². The van der Waals surface area contributed by atoms with Gasteiger partial charge in [-0.2, -0.15) is 0 Å². The minimum Gasteiger partial charge on any atom is -0.381 e. The molecule has 0 spiro atoms. The highest BCUT2D eigenvalue weighted by atomic mass is 79.9. The highest BCUT2D eigenvalue weighted by Gasteiger charge is 2.02. The van der Waals surface area contributed by atoms with Crippen LogP contribution in [0.15, 0.2) is 0 Å². The van der Waals surface area contributed by atoms with Crippen molar-refractivity contribution in [1.29, 1.82) is 0 Å². The fourth-order valence-electron chi connectivity index (χ4n) is 1.70. The van der Waals surface area contributed by atoms with Crippen molar-refractivity contribution >= 4 is 15.9 Å². The van der Waals surface area contributed by atoms with E-state index in [1.54, 1.807) is 0 Å². The van der Waals surface area contributed by atoms with E-state index in [1.807, 2.05) is 0 Å². The van der Waals surface area contributed by atoms with Crippen molar-refractivity contribution in [2.24, 2.45) is 5.92 Å².